The molecule has 14 nitrogen and oxygen atoms in total. The molecule has 1 aliphatic rings. The van der Waals surface area contributed by atoms with Gasteiger partial charge in [0.15, 0.2) is 4.84 Å². The van der Waals surface area contributed by atoms with Crippen LogP contribution in [0.4, 0.5) is 30.2 Å². The molecule has 0 fully saturated rings. The maximum Gasteiger partial charge on any atom is 0.416 e. The number of anilines is 2. The summed E-state index contributed by atoms with van der Waals surface area (Å²) in [6.07, 6.45) is -3.06. The summed E-state index contributed by atoms with van der Waals surface area (Å²) in [4.78, 5) is 48.5. The van der Waals surface area contributed by atoms with Crippen molar-refractivity contribution in [1.29, 1.82) is 0 Å². The molecule has 0 aliphatic carbocycles. The number of alkyl halides is 6. The van der Waals surface area contributed by atoms with Gasteiger partial charge in [-0.1, -0.05) is 72.1 Å². The number of ether oxygens (including phenoxy) is 3. The highest BCUT2D eigenvalue weighted by Gasteiger charge is 2.33. The number of carbonyl (C=O) groups is 3. The van der Waals surface area contributed by atoms with Gasteiger partial charge in [0.25, 0.3) is 17.5 Å². The van der Waals surface area contributed by atoms with Gasteiger partial charge in [-0.2, -0.15) is 13.2 Å². The second-order valence-electron chi connectivity index (χ2n) is 13.7. The first kappa shape index (κ1) is 52.5. The maximum atomic E-state index is 12.7. The van der Waals surface area contributed by atoms with Crippen molar-refractivity contribution in [3.63, 3.8) is 0 Å². The minimum atomic E-state index is -4.62. The average molecular weight is 983 g/mol. The SMILES string of the molecule is CC1COc2ccccc2N1C(=O)C(Cl)Cl.CCc1cccc(C)c1N(C(=O)CCl)C(C)COC.CS(=O)(=O)NC(=O)c1cc(Oc2ccc(C(F)(F)F)cc2Cl)ccc1[N+](=O)[O-]. The molecule has 22 heteroatoms. The maximum absolute atomic E-state index is 12.7. The van der Waals surface area contributed by atoms with Gasteiger partial charge < -0.3 is 24.0 Å². The van der Waals surface area contributed by atoms with Crippen molar-refractivity contribution < 1.29 is 55.1 Å². The number of carbonyl (C=O) groups excluding carboxylic acids is 3. The second kappa shape index (κ2) is 23.2. The number of aryl methyl sites for hydroxylation is 2. The normalized spacial score (nSPS) is 13.8. The summed E-state index contributed by atoms with van der Waals surface area (Å²) in [6.45, 7) is 8.90. The first-order valence-corrected chi connectivity index (χ1v) is 22.3. The lowest BCUT2D eigenvalue weighted by molar-refractivity contribution is -0.385. The Bertz CT molecular complexity index is 2390. The third kappa shape index (κ3) is 14.6. The minimum Gasteiger partial charge on any atom is -0.489 e. The van der Waals surface area contributed by atoms with Crippen molar-refractivity contribution in [2.45, 2.75) is 57.2 Å². The Morgan fingerprint density at radius 3 is 2.29 bits per heavy atom. The minimum absolute atomic E-state index is 0.0223. The van der Waals surface area contributed by atoms with Crippen LogP contribution < -0.4 is 24.0 Å². The van der Waals surface area contributed by atoms with Crippen LogP contribution in [0.5, 0.6) is 17.2 Å². The molecule has 1 heterocycles. The third-order valence-corrected chi connectivity index (χ3v) is 10.3. The number of halogens is 7. The Morgan fingerprint density at radius 1 is 1.06 bits per heavy atom. The predicted molar refractivity (Wildman–Crippen MR) is 236 cm³/mol. The molecule has 4 aromatic carbocycles. The molecule has 2 atom stereocenters. The highest BCUT2D eigenvalue weighted by Crippen LogP contribution is 2.38. The van der Waals surface area contributed by atoms with E-state index >= 15 is 0 Å². The fourth-order valence-corrected chi connectivity index (χ4v) is 7.10. The zero-order valence-corrected chi connectivity index (χ0v) is 38.4. The van der Waals surface area contributed by atoms with Crippen LogP contribution >= 0.6 is 46.4 Å². The number of benzene rings is 4. The number of nitrogens with zero attached hydrogens (tertiary/aromatic N) is 3. The Morgan fingerprint density at radius 2 is 1.73 bits per heavy atom. The van der Waals surface area contributed by atoms with E-state index < -0.39 is 53.7 Å². The fourth-order valence-electron chi connectivity index (χ4n) is 6.09. The van der Waals surface area contributed by atoms with Crippen LogP contribution in [0.1, 0.15) is 47.8 Å². The van der Waals surface area contributed by atoms with E-state index in [0.29, 0.717) is 37.4 Å². The Balaban J connectivity index is 0.000000264. The van der Waals surface area contributed by atoms with E-state index in [-0.39, 0.29) is 41.3 Å². The number of methoxy groups -OCH3 is 1. The number of fused-ring (bicyclic) bond motifs is 1. The van der Waals surface area contributed by atoms with Gasteiger partial charge in [-0.05, 0) is 74.7 Å². The van der Waals surface area contributed by atoms with Gasteiger partial charge in [0.1, 0.15) is 35.3 Å². The van der Waals surface area contributed by atoms with Gasteiger partial charge in [0, 0.05) is 19.2 Å². The molecule has 0 bridgehead atoms. The quantitative estimate of drug-likeness (QED) is 0.0818. The van der Waals surface area contributed by atoms with Crippen LogP contribution in [0.2, 0.25) is 5.02 Å². The van der Waals surface area contributed by atoms with E-state index in [1.807, 2.05) is 57.2 Å². The first-order chi connectivity index (χ1) is 29.4. The van der Waals surface area contributed by atoms with Crippen LogP contribution in [-0.2, 0) is 36.9 Å². The highest BCUT2D eigenvalue weighted by molar-refractivity contribution is 7.89. The lowest BCUT2D eigenvalue weighted by Gasteiger charge is -2.35. The average Bonchev–Trinajstić information content (AvgIpc) is 3.21. The molecular weight excluding hydrogens is 939 g/mol. The van der Waals surface area contributed by atoms with Crippen LogP contribution in [0.15, 0.2) is 78.9 Å². The second-order valence-corrected chi connectivity index (χ2v) is 17.2. The molecule has 1 N–H and O–H groups in total. The van der Waals surface area contributed by atoms with Crippen molar-refractivity contribution in [3.05, 3.63) is 116 Å². The number of nitro groups is 1. The summed E-state index contributed by atoms with van der Waals surface area (Å²) < 4.78 is 77.9. The van der Waals surface area contributed by atoms with E-state index in [0.717, 1.165) is 53.2 Å². The molecule has 1 aliphatic heterocycles. The van der Waals surface area contributed by atoms with Crippen LogP contribution in [0, 0.1) is 17.0 Å². The molecule has 0 spiro atoms. The molecule has 0 saturated heterocycles. The van der Waals surface area contributed by atoms with Crippen LogP contribution in [0.25, 0.3) is 0 Å². The number of hydrogen-bond acceptors (Lipinski definition) is 10. The van der Waals surface area contributed by atoms with E-state index in [1.54, 1.807) is 21.6 Å². The number of nitro benzene ring substituents is 1. The number of sulfonamides is 1. The smallest absolute Gasteiger partial charge is 0.416 e. The Kier molecular flexibility index (Phi) is 19.3. The van der Waals surface area contributed by atoms with Crippen LogP contribution in [-0.4, -0.2) is 80.4 Å². The summed E-state index contributed by atoms with van der Waals surface area (Å²) in [5.74, 6) is -1.42. The number of hydrogen-bond donors (Lipinski definition) is 1. The molecule has 342 valence electrons. The zero-order chi connectivity index (χ0) is 47.4. The number of nitrogens with one attached hydrogen (secondary N) is 1. The summed E-state index contributed by atoms with van der Waals surface area (Å²) >= 11 is 22.8. The summed E-state index contributed by atoms with van der Waals surface area (Å²) in [7, 11) is -2.36. The van der Waals surface area contributed by atoms with Gasteiger partial charge in [0.05, 0.1) is 51.8 Å². The lowest BCUT2D eigenvalue weighted by Crippen LogP contribution is -2.47. The molecule has 0 saturated carbocycles. The standard InChI is InChI=1S/C15H10ClF3N2O6S.C15H22ClNO2.C11H11Cl2NO2/c1-28(25,26)20-14(22)10-7-9(3-4-12(10)21(23)24)27-13-5-2-8(6-11(13)16)15(17,18)19;1-5-13-8-6-7-11(2)15(13)17(14(18)9-16)12(3)10-19-4;1-7-6-16-9-5-3-2-4-8(9)14(7)11(15)10(12)13/h2-7H,1H3,(H,20,22);6-8,12H,5,9-10H2,1-4H3;2-5,7,10H,6H2,1H3. The molecule has 63 heavy (non-hydrogen) atoms. The Hall–Kier alpha value is -4.85. The molecule has 5 rings (SSSR count). The van der Waals surface area contributed by atoms with Crippen molar-refractivity contribution in [3.8, 4) is 17.2 Å². The summed E-state index contributed by atoms with van der Waals surface area (Å²) in [5, 5.41) is 10.7. The van der Waals surface area contributed by atoms with E-state index in [2.05, 4.69) is 13.0 Å². The molecule has 0 aromatic heterocycles. The van der Waals surface area contributed by atoms with E-state index in [9.17, 15) is 46.1 Å². The van der Waals surface area contributed by atoms with Crippen molar-refractivity contribution in [2.75, 3.05) is 42.3 Å². The third-order valence-electron chi connectivity index (χ3n) is 8.82. The Labute approximate surface area is 382 Å². The van der Waals surface area contributed by atoms with E-state index in [1.165, 1.54) is 0 Å². The van der Waals surface area contributed by atoms with Crippen molar-refractivity contribution >= 4 is 91.2 Å². The van der Waals surface area contributed by atoms with E-state index in [4.69, 9.17) is 60.6 Å². The molecule has 0 radical (unpaired) electrons. The largest absolute Gasteiger partial charge is 0.489 e. The summed E-state index contributed by atoms with van der Waals surface area (Å²) in [6, 6.07) is 18.4. The molecule has 4 aromatic rings. The summed E-state index contributed by atoms with van der Waals surface area (Å²) in [5.41, 5.74) is 1.59. The number of rotatable bonds is 12. The van der Waals surface area contributed by atoms with Gasteiger partial charge in [-0.3, -0.25) is 24.5 Å². The van der Waals surface area contributed by atoms with Gasteiger partial charge in [0.2, 0.25) is 15.9 Å². The van der Waals surface area contributed by atoms with Gasteiger partial charge in [-0.15, -0.1) is 11.6 Å². The van der Waals surface area contributed by atoms with Crippen molar-refractivity contribution in [1.82, 2.24) is 4.72 Å². The van der Waals surface area contributed by atoms with Crippen LogP contribution in [0.3, 0.4) is 0 Å². The molecule has 2 unspecified atom stereocenters. The number of para-hydroxylation sites is 3. The molecular formula is C41H43Cl4F3N4O10S. The first-order valence-electron chi connectivity index (χ1n) is 18.6. The fraction of sp³-hybridized carbons (Fsp3) is 0.341. The monoisotopic (exact) mass is 980 g/mol. The lowest BCUT2D eigenvalue weighted by atomic mass is 10.0. The topological polar surface area (TPSA) is 175 Å². The number of amides is 3. The van der Waals surface area contributed by atoms with Crippen molar-refractivity contribution in [2.24, 2.45) is 0 Å². The highest BCUT2D eigenvalue weighted by atomic mass is 35.5. The predicted octanol–water partition coefficient (Wildman–Crippen LogP) is 9.52. The van der Waals surface area contributed by atoms with Gasteiger partial charge >= 0.3 is 6.18 Å². The molecule has 3 amide bonds. The van der Waals surface area contributed by atoms with Gasteiger partial charge in [-0.25, -0.2) is 13.1 Å². The zero-order valence-electron chi connectivity index (χ0n) is 34.5.